The number of hydrogen-bond acceptors (Lipinski definition) is 4. The molecular formula is C21H27N5O2. The van der Waals surface area contributed by atoms with E-state index in [1.54, 1.807) is 18.0 Å². The molecular weight excluding hydrogens is 354 g/mol. The summed E-state index contributed by atoms with van der Waals surface area (Å²) in [6.45, 7) is 4.91. The van der Waals surface area contributed by atoms with Gasteiger partial charge < -0.3 is 20.4 Å². The van der Waals surface area contributed by atoms with Gasteiger partial charge in [-0.15, -0.1) is 0 Å². The van der Waals surface area contributed by atoms with Gasteiger partial charge in [-0.2, -0.15) is 0 Å². The van der Waals surface area contributed by atoms with Crippen molar-refractivity contribution in [1.29, 1.82) is 0 Å². The molecule has 1 aromatic carbocycles. The highest BCUT2D eigenvalue weighted by molar-refractivity contribution is 5.86. The maximum absolute atomic E-state index is 12.5. The Hall–Kier alpha value is -3.09. The highest BCUT2D eigenvalue weighted by Gasteiger charge is 2.24. The van der Waals surface area contributed by atoms with E-state index in [0.29, 0.717) is 19.6 Å². The van der Waals surface area contributed by atoms with Crippen LogP contribution in [0.3, 0.4) is 0 Å². The molecule has 0 bridgehead atoms. The maximum atomic E-state index is 12.5. The lowest BCUT2D eigenvalue weighted by atomic mass is 10.1. The summed E-state index contributed by atoms with van der Waals surface area (Å²) in [4.78, 5) is 32.9. The lowest BCUT2D eigenvalue weighted by Crippen LogP contribution is -2.55. The van der Waals surface area contributed by atoms with Crippen molar-refractivity contribution >= 4 is 17.8 Å². The van der Waals surface area contributed by atoms with Gasteiger partial charge in [-0.1, -0.05) is 36.4 Å². The van der Waals surface area contributed by atoms with Crippen LogP contribution in [0.4, 0.5) is 10.6 Å². The highest BCUT2D eigenvalue weighted by atomic mass is 16.2. The van der Waals surface area contributed by atoms with Crippen molar-refractivity contribution in [3.05, 3.63) is 60.3 Å². The predicted molar refractivity (Wildman–Crippen MR) is 109 cm³/mol. The number of carbonyl (C=O) groups excluding carboxylic acids is 2. The second-order valence-electron chi connectivity index (χ2n) is 6.86. The van der Waals surface area contributed by atoms with Gasteiger partial charge in [-0.3, -0.25) is 4.79 Å². The minimum absolute atomic E-state index is 0.170. The molecule has 1 fully saturated rings. The van der Waals surface area contributed by atoms with Crippen LogP contribution < -0.4 is 15.5 Å². The normalized spacial score (nSPS) is 15.0. The lowest BCUT2D eigenvalue weighted by Gasteiger charge is -2.35. The number of piperazine rings is 1. The van der Waals surface area contributed by atoms with E-state index in [1.807, 2.05) is 48.5 Å². The number of pyridine rings is 1. The van der Waals surface area contributed by atoms with Crippen molar-refractivity contribution in [1.82, 2.24) is 20.5 Å². The zero-order valence-corrected chi connectivity index (χ0v) is 16.2. The average Bonchev–Trinajstić information content (AvgIpc) is 2.75. The van der Waals surface area contributed by atoms with E-state index in [1.165, 1.54) is 5.56 Å². The average molecular weight is 381 g/mol. The van der Waals surface area contributed by atoms with Crippen LogP contribution in [-0.2, 0) is 11.2 Å². The third-order valence-corrected chi connectivity index (χ3v) is 4.83. The van der Waals surface area contributed by atoms with Crippen LogP contribution in [0.2, 0.25) is 0 Å². The molecule has 2 heterocycles. The fraction of sp³-hybridized carbons (Fsp3) is 0.381. The molecule has 2 aromatic rings. The van der Waals surface area contributed by atoms with E-state index in [2.05, 4.69) is 20.5 Å². The molecule has 3 amide bonds. The summed E-state index contributed by atoms with van der Waals surface area (Å²) in [5, 5.41) is 5.67. The number of benzene rings is 1. The number of urea groups is 1. The summed E-state index contributed by atoms with van der Waals surface area (Å²) in [6, 6.07) is 15.0. The standard InChI is InChI=1S/C21H27N5O2/c1-17(20(27)23-12-10-18-7-3-2-4-8-18)24-21(28)26-15-13-25(14-16-26)19-9-5-6-11-22-19/h2-9,11,17H,10,12-16H2,1H3,(H,23,27)(H,24,28). The number of hydrogen-bond donors (Lipinski definition) is 2. The number of nitrogens with one attached hydrogen (secondary N) is 2. The van der Waals surface area contributed by atoms with Crippen LogP contribution in [0.1, 0.15) is 12.5 Å². The van der Waals surface area contributed by atoms with Gasteiger partial charge in [-0.25, -0.2) is 9.78 Å². The van der Waals surface area contributed by atoms with Gasteiger partial charge in [0.2, 0.25) is 5.91 Å². The monoisotopic (exact) mass is 381 g/mol. The molecule has 0 spiro atoms. The minimum atomic E-state index is -0.572. The van der Waals surface area contributed by atoms with Gasteiger partial charge in [0.1, 0.15) is 11.9 Å². The minimum Gasteiger partial charge on any atom is -0.354 e. The number of anilines is 1. The zero-order chi connectivity index (χ0) is 19.8. The molecule has 7 heteroatoms. The van der Waals surface area contributed by atoms with E-state index in [9.17, 15) is 9.59 Å². The number of carbonyl (C=O) groups is 2. The molecule has 0 saturated carbocycles. The molecule has 3 rings (SSSR count). The van der Waals surface area contributed by atoms with E-state index < -0.39 is 6.04 Å². The van der Waals surface area contributed by atoms with Crippen molar-refractivity contribution in [2.75, 3.05) is 37.6 Å². The molecule has 148 valence electrons. The molecule has 1 aromatic heterocycles. The van der Waals surface area contributed by atoms with E-state index >= 15 is 0 Å². The first-order valence-corrected chi connectivity index (χ1v) is 9.66. The summed E-state index contributed by atoms with van der Waals surface area (Å²) < 4.78 is 0. The summed E-state index contributed by atoms with van der Waals surface area (Å²) in [5.41, 5.74) is 1.17. The zero-order valence-electron chi connectivity index (χ0n) is 16.2. The summed E-state index contributed by atoms with van der Waals surface area (Å²) in [7, 11) is 0. The van der Waals surface area contributed by atoms with E-state index in [0.717, 1.165) is 25.3 Å². The first-order chi connectivity index (χ1) is 13.6. The first-order valence-electron chi connectivity index (χ1n) is 9.66. The smallest absolute Gasteiger partial charge is 0.318 e. The maximum Gasteiger partial charge on any atom is 0.318 e. The first kappa shape index (κ1) is 19.7. The molecule has 1 aliphatic rings. The van der Waals surface area contributed by atoms with E-state index in [-0.39, 0.29) is 11.9 Å². The van der Waals surface area contributed by atoms with Crippen LogP contribution in [0.5, 0.6) is 0 Å². The number of nitrogens with zero attached hydrogens (tertiary/aromatic N) is 3. The predicted octanol–water partition coefficient (Wildman–Crippen LogP) is 1.66. The fourth-order valence-corrected chi connectivity index (χ4v) is 3.15. The SMILES string of the molecule is CC(NC(=O)N1CCN(c2ccccn2)CC1)C(=O)NCCc1ccccc1. The van der Waals surface area contributed by atoms with Gasteiger partial charge >= 0.3 is 6.03 Å². The molecule has 28 heavy (non-hydrogen) atoms. The molecule has 1 unspecified atom stereocenters. The topological polar surface area (TPSA) is 77.6 Å². The van der Waals surface area contributed by atoms with Crippen molar-refractivity contribution in [2.45, 2.75) is 19.4 Å². The largest absolute Gasteiger partial charge is 0.354 e. The summed E-state index contributed by atoms with van der Waals surface area (Å²) in [6.07, 6.45) is 2.54. The van der Waals surface area contributed by atoms with Gasteiger partial charge in [0.05, 0.1) is 0 Å². The second-order valence-corrected chi connectivity index (χ2v) is 6.86. The Morgan fingerprint density at radius 1 is 1.04 bits per heavy atom. The Morgan fingerprint density at radius 3 is 2.43 bits per heavy atom. The Kier molecular flexibility index (Phi) is 6.84. The summed E-state index contributed by atoms with van der Waals surface area (Å²) in [5.74, 6) is 0.755. The third-order valence-electron chi connectivity index (χ3n) is 4.83. The Morgan fingerprint density at radius 2 is 1.75 bits per heavy atom. The van der Waals surface area contributed by atoms with Crippen molar-refractivity contribution in [2.24, 2.45) is 0 Å². The van der Waals surface area contributed by atoms with Crippen LogP contribution in [0, 0.1) is 0 Å². The molecule has 0 aliphatic carbocycles. The van der Waals surface area contributed by atoms with Crippen LogP contribution in [0.25, 0.3) is 0 Å². The van der Waals surface area contributed by atoms with Gasteiger partial charge in [-0.05, 0) is 31.0 Å². The number of aromatic nitrogens is 1. The second kappa shape index (κ2) is 9.73. The molecule has 0 radical (unpaired) electrons. The number of rotatable bonds is 6. The van der Waals surface area contributed by atoms with Crippen LogP contribution >= 0.6 is 0 Å². The summed E-state index contributed by atoms with van der Waals surface area (Å²) >= 11 is 0. The quantitative estimate of drug-likeness (QED) is 0.798. The van der Waals surface area contributed by atoms with Crippen molar-refractivity contribution in [3.63, 3.8) is 0 Å². The molecule has 1 aliphatic heterocycles. The van der Waals surface area contributed by atoms with Gasteiger partial charge in [0.25, 0.3) is 0 Å². The van der Waals surface area contributed by atoms with Crippen LogP contribution in [0.15, 0.2) is 54.7 Å². The Balaban J connectivity index is 1.38. The molecule has 1 atom stereocenters. The highest BCUT2D eigenvalue weighted by Crippen LogP contribution is 2.12. The van der Waals surface area contributed by atoms with E-state index in [4.69, 9.17) is 0 Å². The lowest BCUT2D eigenvalue weighted by molar-refractivity contribution is -0.122. The number of amides is 3. The molecule has 1 saturated heterocycles. The van der Waals surface area contributed by atoms with Gasteiger partial charge in [0, 0.05) is 38.9 Å². The van der Waals surface area contributed by atoms with Crippen LogP contribution in [-0.4, -0.2) is 60.6 Å². The Bertz CT molecular complexity index is 761. The molecule has 7 nitrogen and oxygen atoms in total. The van der Waals surface area contributed by atoms with Crippen molar-refractivity contribution in [3.8, 4) is 0 Å². The molecule has 2 N–H and O–H groups in total. The Labute approximate surface area is 165 Å². The third kappa shape index (κ3) is 5.45. The fourth-order valence-electron chi connectivity index (χ4n) is 3.15. The van der Waals surface area contributed by atoms with Crippen molar-refractivity contribution < 1.29 is 9.59 Å². The van der Waals surface area contributed by atoms with Gasteiger partial charge in [0.15, 0.2) is 0 Å².